The van der Waals surface area contributed by atoms with Crippen LogP contribution in [0, 0.1) is 0 Å². The monoisotopic (exact) mass is 361 g/mol. The summed E-state index contributed by atoms with van der Waals surface area (Å²) in [6, 6.07) is 3.82. The molecule has 0 saturated heterocycles. The van der Waals surface area contributed by atoms with Crippen LogP contribution in [0.5, 0.6) is 11.5 Å². The highest BCUT2D eigenvalue weighted by molar-refractivity contribution is 7.18. The average molecular weight is 362 g/mol. The second-order valence-corrected chi connectivity index (χ2v) is 6.18. The third-order valence-electron chi connectivity index (χ3n) is 3.32. The van der Waals surface area contributed by atoms with Crippen molar-refractivity contribution in [2.75, 3.05) is 34.4 Å². The standard InChI is InChI=1S/C15H23N3O3S.ClH/c1-10(18(2)3)20-5-6-21-13-7-11-14(8-12(13)19-4)22-15(9-16)17-11;/h7-8,10H,5-6,9,16H2,1-4H3;1H. The number of aromatic nitrogens is 1. The highest BCUT2D eigenvalue weighted by Crippen LogP contribution is 2.34. The third-order valence-corrected chi connectivity index (χ3v) is 4.36. The van der Waals surface area contributed by atoms with Gasteiger partial charge in [-0.05, 0) is 21.0 Å². The minimum atomic E-state index is 0. The lowest BCUT2D eigenvalue weighted by atomic mass is 10.3. The number of rotatable bonds is 8. The first-order valence-corrected chi connectivity index (χ1v) is 7.95. The van der Waals surface area contributed by atoms with Crippen LogP contribution in [0.1, 0.15) is 11.9 Å². The van der Waals surface area contributed by atoms with Gasteiger partial charge in [0.15, 0.2) is 11.5 Å². The van der Waals surface area contributed by atoms with E-state index in [-0.39, 0.29) is 18.6 Å². The van der Waals surface area contributed by atoms with E-state index in [1.807, 2.05) is 38.1 Å². The molecule has 130 valence electrons. The van der Waals surface area contributed by atoms with Crippen LogP contribution in [0.4, 0.5) is 0 Å². The second-order valence-electron chi connectivity index (χ2n) is 5.06. The van der Waals surface area contributed by atoms with Gasteiger partial charge in [0.05, 0.1) is 23.9 Å². The topological polar surface area (TPSA) is 69.8 Å². The Labute approximate surface area is 146 Å². The van der Waals surface area contributed by atoms with Crippen LogP contribution in [-0.4, -0.2) is 50.5 Å². The van der Waals surface area contributed by atoms with Crippen molar-refractivity contribution in [3.05, 3.63) is 17.1 Å². The van der Waals surface area contributed by atoms with Crippen molar-refractivity contribution in [3.8, 4) is 11.5 Å². The molecule has 0 fully saturated rings. The Bertz CT molecular complexity index is 621. The molecule has 1 aromatic heterocycles. The number of ether oxygens (including phenoxy) is 3. The molecule has 23 heavy (non-hydrogen) atoms. The summed E-state index contributed by atoms with van der Waals surface area (Å²) in [5.41, 5.74) is 6.52. The van der Waals surface area contributed by atoms with Gasteiger partial charge in [0, 0.05) is 18.7 Å². The summed E-state index contributed by atoms with van der Waals surface area (Å²) in [5, 5.41) is 0.900. The predicted molar refractivity (Wildman–Crippen MR) is 95.9 cm³/mol. The van der Waals surface area contributed by atoms with Crippen LogP contribution in [0.2, 0.25) is 0 Å². The summed E-state index contributed by atoms with van der Waals surface area (Å²) in [4.78, 5) is 6.46. The lowest BCUT2D eigenvalue weighted by molar-refractivity contribution is -0.0330. The van der Waals surface area contributed by atoms with Crippen LogP contribution in [0.3, 0.4) is 0 Å². The Hall–Kier alpha value is -1.12. The molecule has 6 nitrogen and oxygen atoms in total. The molecular weight excluding hydrogens is 338 g/mol. The first kappa shape index (κ1) is 19.9. The van der Waals surface area contributed by atoms with Crippen LogP contribution in [-0.2, 0) is 11.3 Å². The van der Waals surface area contributed by atoms with E-state index in [9.17, 15) is 0 Å². The number of methoxy groups -OCH3 is 1. The molecule has 0 saturated carbocycles. The van der Waals surface area contributed by atoms with Gasteiger partial charge in [-0.2, -0.15) is 0 Å². The minimum Gasteiger partial charge on any atom is -0.493 e. The summed E-state index contributed by atoms with van der Waals surface area (Å²) < 4.78 is 17.8. The van der Waals surface area contributed by atoms with Crippen molar-refractivity contribution < 1.29 is 14.2 Å². The van der Waals surface area contributed by atoms with Gasteiger partial charge >= 0.3 is 0 Å². The van der Waals surface area contributed by atoms with Crippen LogP contribution in [0.15, 0.2) is 12.1 Å². The summed E-state index contributed by atoms with van der Waals surface area (Å²) in [5.74, 6) is 1.37. The highest BCUT2D eigenvalue weighted by atomic mass is 35.5. The largest absolute Gasteiger partial charge is 0.493 e. The van der Waals surface area contributed by atoms with E-state index in [1.165, 1.54) is 0 Å². The van der Waals surface area contributed by atoms with E-state index >= 15 is 0 Å². The Morgan fingerprint density at radius 1 is 1.26 bits per heavy atom. The maximum Gasteiger partial charge on any atom is 0.163 e. The summed E-state index contributed by atoms with van der Waals surface area (Å²) in [7, 11) is 5.57. The number of halogens is 1. The fourth-order valence-electron chi connectivity index (χ4n) is 1.86. The lowest BCUT2D eigenvalue weighted by Crippen LogP contribution is -2.29. The molecule has 2 N–H and O–H groups in total. The number of thiazole rings is 1. The molecule has 0 spiro atoms. The Balaban J connectivity index is 0.00000264. The number of hydrogen-bond donors (Lipinski definition) is 1. The number of fused-ring (bicyclic) bond motifs is 1. The first-order valence-electron chi connectivity index (χ1n) is 7.13. The lowest BCUT2D eigenvalue weighted by Gasteiger charge is -2.20. The predicted octanol–water partition coefficient (Wildman–Crippen LogP) is 2.49. The van der Waals surface area contributed by atoms with Crippen LogP contribution < -0.4 is 15.2 Å². The SMILES string of the molecule is COc1cc2sc(CN)nc2cc1OCCOC(C)N(C)C.Cl. The Morgan fingerprint density at radius 2 is 2.00 bits per heavy atom. The number of hydrogen-bond acceptors (Lipinski definition) is 7. The van der Waals surface area contributed by atoms with Crippen molar-refractivity contribution in [3.63, 3.8) is 0 Å². The third kappa shape index (κ3) is 5.19. The molecule has 2 aromatic rings. The molecule has 0 aliphatic carbocycles. The summed E-state index contributed by atoms with van der Waals surface area (Å²) in [6.07, 6.45) is 0.0543. The molecule has 1 atom stereocenters. The van der Waals surface area contributed by atoms with Crippen LogP contribution in [0.25, 0.3) is 10.2 Å². The fraction of sp³-hybridized carbons (Fsp3) is 0.533. The molecule has 0 bridgehead atoms. The normalized spacial score (nSPS) is 12.3. The van der Waals surface area contributed by atoms with Gasteiger partial charge in [0.1, 0.15) is 17.8 Å². The zero-order valence-electron chi connectivity index (χ0n) is 13.9. The van der Waals surface area contributed by atoms with Crippen molar-refractivity contribution in [1.29, 1.82) is 0 Å². The zero-order valence-corrected chi connectivity index (χ0v) is 15.5. The molecule has 8 heteroatoms. The highest BCUT2D eigenvalue weighted by Gasteiger charge is 2.11. The molecule has 1 heterocycles. The number of benzene rings is 1. The molecule has 0 radical (unpaired) electrons. The average Bonchev–Trinajstić information content (AvgIpc) is 2.92. The molecule has 2 rings (SSSR count). The van der Waals surface area contributed by atoms with E-state index in [2.05, 4.69) is 4.98 Å². The van der Waals surface area contributed by atoms with Gasteiger partial charge in [0.2, 0.25) is 0 Å². The maximum absolute atomic E-state index is 5.77. The van der Waals surface area contributed by atoms with Crippen molar-refractivity contribution in [2.45, 2.75) is 19.7 Å². The molecule has 0 amide bonds. The zero-order chi connectivity index (χ0) is 16.1. The van der Waals surface area contributed by atoms with Crippen molar-refractivity contribution in [1.82, 2.24) is 9.88 Å². The van der Waals surface area contributed by atoms with Gasteiger partial charge in [-0.15, -0.1) is 23.7 Å². The molecular formula is C15H24ClN3O3S. The molecule has 0 aliphatic rings. The van der Waals surface area contributed by atoms with E-state index in [1.54, 1.807) is 18.4 Å². The van der Waals surface area contributed by atoms with Gasteiger partial charge in [-0.25, -0.2) is 4.98 Å². The molecule has 1 aromatic carbocycles. The minimum absolute atomic E-state index is 0. The van der Waals surface area contributed by atoms with Gasteiger partial charge in [-0.1, -0.05) is 0 Å². The molecule has 0 aliphatic heterocycles. The number of nitrogens with zero attached hydrogens (tertiary/aromatic N) is 2. The van der Waals surface area contributed by atoms with Crippen molar-refractivity contribution >= 4 is 34.0 Å². The second kappa shape index (κ2) is 9.24. The summed E-state index contributed by atoms with van der Waals surface area (Å²) >= 11 is 1.57. The Kier molecular flexibility index (Phi) is 8.01. The maximum atomic E-state index is 5.77. The quantitative estimate of drug-likeness (QED) is 0.575. The van der Waals surface area contributed by atoms with E-state index in [0.29, 0.717) is 31.3 Å². The van der Waals surface area contributed by atoms with Gasteiger partial charge in [0.25, 0.3) is 0 Å². The van der Waals surface area contributed by atoms with E-state index in [0.717, 1.165) is 15.2 Å². The Morgan fingerprint density at radius 3 is 2.61 bits per heavy atom. The van der Waals surface area contributed by atoms with E-state index in [4.69, 9.17) is 19.9 Å². The van der Waals surface area contributed by atoms with E-state index < -0.39 is 0 Å². The van der Waals surface area contributed by atoms with Crippen LogP contribution >= 0.6 is 23.7 Å². The van der Waals surface area contributed by atoms with Gasteiger partial charge in [-0.3, -0.25) is 4.90 Å². The van der Waals surface area contributed by atoms with Crippen molar-refractivity contribution in [2.24, 2.45) is 5.73 Å². The summed E-state index contributed by atoms with van der Waals surface area (Å²) in [6.45, 7) is 3.39. The number of nitrogens with two attached hydrogens (primary N) is 1. The first-order chi connectivity index (χ1) is 10.5. The smallest absolute Gasteiger partial charge is 0.163 e. The molecule has 1 unspecified atom stereocenters. The van der Waals surface area contributed by atoms with Gasteiger partial charge < -0.3 is 19.9 Å². The fourth-order valence-corrected chi connectivity index (χ4v) is 2.72.